The molecule has 3 heterocycles. The third kappa shape index (κ3) is 3.15. The molecule has 1 atom stereocenters. The number of amides is 2. The standard InChI is InChI=1S/C17H20N6O2S/c1-22-10-7-18-16(22)15(24)11-5-8-23(9-6-11)17(25)19-12-3-2-4-13-14(12)21-26-20-13/h2-4,7,10-11,15,24H,5-6,8-9H2,1H3,(H,19,25)/t15-/m1/s1. The van der Waals surface area contributed by atoms with E-state index in [9.17, 15) is 9.90 Å². The Morgan fingerprint density at radius 1 is 1.35 bits per heavy atom. The van der Waals surface area contributed by atoms with E-state index in [1.807, 2.05) is 36.0 Å². The lowest BCUT2D eigenvalue weighted by molar-refractivity contribution is 0.0600. The van der Waals surface area contributed by atoms with Gasteiger partial charge in [-0.2, -0.15) is 8.75 Å². The third-order valence-electron chi connectivity index (χ3n) is 4.92. The Bertz CT molecular complexity index is 915. The van der Waals surface area contributed by atoms with Crippen LogP contribution in [0.1, 0.15) is 24.8 Å². The highest BCUT2D eigenvalue weighted by atomic mass is 32.1. The molecule has 136 valence electrons. The van der Waals surface area contributed by atoms with Gasteiger partial charge in [0.1, 0.15) is 23.0 Å². The molecule has 3 aromatic rings. The minimum Gasteiger partial charge on any atom is -0.385 e. The Kier molecular flexibility index (Phi) is 4.56. The van der Waals surface area contributed by atoms with Crippen LogP contribution in [-0.2, 0) is 7.05 Å². The Labute approximate surface area is 154 Å². The first-order chi connectivity index (χ1) is 12.6. The van der Waals surface area contributed by atoms with Crippen LogP contribution < -0.4 is 5.32 Å². The number of hydrogen-bond acceptors (Lipinski definition) is 6. The molecule has 26 heavy (non-hydrogen) atoms. The molecular weight excluding hydrogens is 352 g/mol. The lowest BCUT2D eigenvalue weighted by Crippen LogP contribution is -2.42. The molecule has 1 saturated heterocycles. The van der Waals surface area contributed by atoms with E-state index >= 15 is 0 Å². The summed E-state index contributed by atoms with van der Waals surface area (Å²) in [6, 6.07) is 5.42. The molecule has 1 fully saturated rings. The number of benzene rings is 1. The molecule has 1 aromatic carbocycles. The van der Waals surface area contributed by atoms with Crippen LogP contribution in [0.25, 0.3) is 11.0 Å². The van der Waals surface area contributed by atoms with Crippen molar-refractivity contribution in [2.24, 2.45) is 13.0 Å². The van der Waals surface area contributed by atoms with E-state index in [-0.39, 0.29) is 11.9 Å². The van der Waals surface area contributed by atoms with Crippen molar-refractivity contribution < 1.29 is 9.90 Å². The highest BCUT2D eigenvalue weighted by Crippen LogP contribution is 2.30. The van der Waals surface area contributed by atoms with Crippen molar-refractivity contribution in [1.29, 1.82) is 0 Å². The molecule has 0 unspecified atom stereocenters. The van der Waals surface area contributed by atoms with Gasteiger partial charge in [-0.15, -0.1) is 0 Å². The number of urea groups is 1. The van der Waals surface area contributed by atoms with Gasteiger partial charge in [0.05, 0.1) is 17.4 Å². The average molecular weight is 372 g/mol. The van der Waals surface area contributed by atoms with Crippen molar-refractivity contribution in [3.63, 3.8) is 0 Å². The number of fused-ring (bicyclic) bond motifs is 1. The summed E-state index contributed by atoms with van der Waals surface area (Å²) in [5, 5.41) is 13.5. The van der Waals surface area contributed by atoms with Crippen LogP contribution in [0.4, 0.5) is 10.5 Å². The van der Waals surface area contributed by atoms with E-state index in [1.165, 1.54) is 0 Å². The SMILES string of the molecule is Cn1ccnc1[C@H](O)C1CCN(C(=O)Nc2cccc3nsnc23)CC1. The number of likely N-dealkylation sites (tertiary alicyclic amines) is 1. The minimum atomic E-state index is -0.602. The number of aliphatic hydroxyl groups excluding tert-OH is 1. The molecule has 2 amide bonds. The van der Waals surface area contributed by atoms with Gasteiger partial charge in [-0.25, -0.2) is 9.78 Å². The summed E-state index contributed by atoms with van der Waals surface area (Å²) in [5.41, 5.74) is 2.17. The lowest BCUT2D eigenvalue weighted by atomic mass is 9.91. The fourth-order valence-electron chi connectivity index (χ4n) is 3.39. The Morgan fingerprint density at radius 2 is 2.15 bits per heavy atom. The molecule has 1 aliphatic heterocycles. The zero-order chi connectivity index (χ0) is 18.1. The van der Waals surface area contributed by atoms with Crippen LogP contribution in [0.3, 0.4) is 0 Å². The zero-order valence-corrected chi connectivity index (χ0v) is 15.2. The number of nitrogens with zero attached hydrogens (tertiary/aromatic N) is 5. The first-order valence-corrected chi connectivity index (χ1v) is 9.29. The third-order valence-corrected chi connectivity index (χ3v) is 5.47. The number of piperidine rings is 1. The molecule has 1 aliphatic rings. The molecule has 2 aromatic heterocycles. The summed E-state index contributed by atoms with van der Waals surface area (Å²) < 4.78 is 10.3. The van der Waals surface area contributed by atoms with E-state index in [2.05, 4.69) is 19.0 Å². The Hall–Kier alpha value is -2.52. The van der Waals surface area contributed by atoms with E-state index in [0.717, 1.165) is 30.1 Å². The van der Waals surface area contributed by atoms with Gasteiger partial charge in [0.2, 0.25) is 0 Å². The highest BCUT2D eigenvalue weighted by molar-refractivity contribution is 7.00. The van der Waals surface area contributed by atoms with Crippen molar-refractivity contribution in [2.45, 2.75) is 18.9 Å². The number of nitrogens with one attached hydrogen (secondary N) is 1. The molecule has 0 bridgehead atoms. The molecule has 0 saturated carbocycles. The van der Waals surface area contributed by atoms with Gasteiger partial charge in [0.25, 0.3) is 0 Å². The summed E-state index contributed by atoms with van der Waals surface area (Å²) in [4.78, 5) is 18.6. The fourth-order valence-corrected chi connectivity index (χ4v) is 3.94. The number of carbonyl (C=O) groups is 1. The van der Waals surface area contributed by atoms with Gasteiger partial charge >= 0.3 is 6.03 Å². The van der Waals surface area contributed by atoms with Crippen LogP contribution in [0.5, 0.6) is 0 Å². The second kappa shape index (κ2) is 7.00. The van der Waals surface area contributed by atoms with Crippen molar-refractivity contribution in [1.82, 2.24) is 23.2 Å². The van der Waals surface area contributed by atoms with Crippen LogP contribution in [-0.4, -0.2) is 47.4 Å². The van der Waals surface area contributed by atoms with Gasteiger partial charge in [-0.1, -0.05) is 6.07 Å². The molecule has 0 spiro atoms. The van der Waals surface area contributed by atoms with E-state index in [0.29, 0.717) is 30.1 Å². The van der Waals surface area contributed by atoms with Gasteiger partial charge in [0, 0.05) is 32.5 Å². The number of rotatable bonds is 3. The smallest absolute Gasteiger partial charge is 0.321 e. The van der Waals surface area contributed by atoms with E-state index < -0.39 is 6.10 Å². The topological polar surface area (TPSA) is 96.2 Å². The molecule has 9 heteroatoms. The summed E-state index contributed by atoms with van der Waals surface area (Å²) in [6.07, 6.45) is 4.40. The number of aryl methyl sites for hydroxylation is 1. The Morgan fingerprint density at radius 3 is 2.88 bits per heavy atom. The molecule has 4 rings (SSSR count). The number of imidazole rings is 1. The second-order valence-electron chi connectivity index (χ2n) is 6.53. The second-order valence-corrected chi connectivity index (χ2v) is 7.06. The minimum absolute atomic E-state index is 0.103. The lowest BCUT2D eigenvalue weighted by Gasteiger charge is -2.34. The van der Waals surface area contributed by atoms with Crippen molar-refractivity contribution >= 4 is 34.5 Å². The molecule has 8 nitrogen and oxygen atoms in total. The van der Waals surface area contributed by atoms with Gasteiger partial charge in [-0.05, 0) is 30.9 Å². The largest absolute Gasteiger partial charge is 0.385 e. The Balaban J connectivity index is 1.38. The number of hydrogen-bond donors (Lipinski definition) is 2. The summed E-state index contributed by atoms with van der Waals surface area (Å²) >= 11 is 1.13. The monoisotopic (exact) mass is 372 g/mol. The maximum atomic E-state index is 12.6. The van der Waals surface area contributed by atoms with Crippen LogP contribution >= 0.6 is 11.7 Å². The van der Waals surface area contributed by atoms with Gasteiger partial charge in [-0.3, -0.25) is 0 Å². The predicted molar refractivity (Wildman–Crippen MR) is 98.9 cm³/mol. The molecule has 0 aliphatic carbocycles. The summed E-state index contributed by atoms with van der Waals surface area (Å²) in [5.74, 6) is 0.780. The predicted octanol–water partition coefficient (Wildman–Crippen LogP) is 2.40. The van der Waals surface area contributed by atoms with E-state index in [1.54, 1.807) is 11.1 Å². The van der Waals surface area contributed by atoms with Crippen LogP contribution in [0.15, 0.2) is 30.6 Å². The summed E-state index contributed by atoms with van der Waals surface area (Å²) in [6.45, 7) is 1.20. The van der Waals surface area contributed by atoms with Crippen molar-refractivity contribution in [2.75, 3.05) is 18.4 Å². The first kappa shape index (κ1) is 16.9. The van der Waals surface area contributed by atoms with Crippen LogP contribution in [0.2, 0.25) is 0 Å². The first-order valence-electron chi connectivity index (χ1n) is 8.56. The normalized spacial score (nSPS) is 16.8. The molecule has 2 N–H and O–H groups in total. The van der Waals surface area contributed by atoms with Crippen molar-refractivity contribution in [3.05, 3.63) is 36.4 Å². The zero-order valence-electron chi connectivity index (χ0n) is 14.4. The average Bonchev–Trinajstić information content (AvgIpc) is 3.30. The number of anilines is 1. The van der Waals surface area contributed by atoms with E-state index in [4.69, 9.17) is 0 Å². The molecule has 0 radical (unpaired) electrons. The maximum Gasteiger partial charge on any atom is 0.321 e. The number of carbonyl (C=O) groups excluding carboxylic acids is 1. The fraction of sp³-hybridized carbons (Fsp3) is 0.412. The number of aliphatic hydroxyl groups is 1. The van der Waals surface area contributed by atoms with Crippen LogP contribution in [0, 0.1) is 5.92 Å². The summed E-state index contributed by atoms with van der Waals surface area (Å²) in [7, 11) is 1.88. The number of aromatic nitrogens is 4. The quantitative estimate of drug-likeness (QED) is 0.736. The molecular formula is C17H20N6O2S. The van der Waals surface area contributed by atoms with Gasteiger partial charge in [0.15, 0.2) is 0 Å². The maximum absolute atomic E-state index is 12.6. The van der Waals surface area contributed by atoms with Crippen molar-refractivity contribution in [3.8, 4) is 0 Å². The van der Waals surface area contributed by atoms with Gasteiger partial charge < -0.3 is 19.9 Å². The highest BCUT2D eigenvalue weighted by Gasteiger charge is 2.30.